The van der Waals surface area contributed by atoms with Gasteiger partial charge in [-0.05, 0) is 26.7 Å². The topological polar surface area (TPSA) is 72.9 Å². The highest BCUT2D eigenvalue weighted by Gasteiger charge is 2.24. The monoisotopic (exact) mass is 340 g/mol. The average molecular weight is 340 g/mol. The van der Waals surface area contributed by atoms with Gasteiger partial charge < -0.3 is 9.42 Å². The van der Waals surface area contributed by atoms with Crippen molar-refractivity contribution in [1.82, 2.24) is 24.9 Å². The number of fused-ring (bicyclic) bond motifs is 1. The average Bonchev–Trinajstić information content (AvgIpc) is 3.32. The molecule has 0 radical (unpaired) electrons. The number of hydrogen-bond donors (Lipinski definition) is 0. The van der Waals surface area contributed by atoms with Crippen molar-refractivity contribution in [1.29, 1.82) is 0 Å². The third-order valence-corrected chi connectivity index (χ3v) is 5.25. The normalized spacial score (nSPS) is 15.4. The summed E-state index contributed by atoms with van der Waals surface area (Å²) in [4.78, 5) is 11.9. The molecule has 7 heteroatoms. The van der Waals surface area contributed by atoms with Gasteiger partial charge in [-0.1, -0.05) is 18.0 Å². The Morgan fingerprint density at radius 3 is 2.68 bits per heavy atom. The van der Waals surface area contributed by atoms with Crippen LogP contribution in [-0.4, -0.2) is 32.0 Å². The van der Waals surface area contributed by atoms with E-state index in [1.165, 1.54) is 25.7 Å². The zero-order valence-corrected chi connectivity index (χ0v) is 15.3. The van der Waals surface area contributed by atoms with Crippen LogP contribution in [0.1, 0.15) is 54.4 Å². The highest BCUT2D eigenvalue weighted by molar-refractivity contribution is 5.86. The summed E-state index contributed by atoms with van der Waals surface area (Å²) >= 11 is 0. The minimum atomic E-state index is 0.463. The van der Waals surface area contributed by atoms with E-state index < -0.39 is 0 Å². The van der Waals surface area contributed by atoms with Gasteiger partial charge in [0.25, 0.3) is 0 Å². The Bertz CT molecular complexity index is 886. The van der Waals surface area contributed by atoms with E-state index in [1.54, 1.807) is 0 Å². The van der Waals surface area contributed by atoms with Crippen molar-refractivity contribution in [2.75, 3.05) is 11.9 Å². The number of anilines is 1. The molecule has 0 unspecified atom stereocenters. The second-order valence-corrected chi connectivity index (χ2v) is 7.05. The molecule has 0 bridgehead atoms. The summed E-state index contributed by atoms with van der Waals surface area (Å²) < 4.78 is 7.14. The van der Waals surface area contributed by atoms with E-state index in [9.17, 15) is 0 Å². The molecular formula is C18H24N6O. The first kappa shape index (κ1) is 16.1. The molecule has 25 heavy (non-hydrogen) atoms. The van der Waals surface area contributed by atoms with Crippen LogP contribution in [0, 0.1) is 13.8 Å². The summed E-state index contributed by atoms with van der Waals surface area (Å²) in [6, 6.07) is 0. The van der Waals surface area contributed by atoms with Gasteiger partial charge >= 0.3 is 0 Å². The zero-order chi connectivity index (χ0) is 17.6. The van der Waals surface area contributed by atoms with Crippen LogP contribution < -0.4 is 4.90 Å². The number of rotatable bonds is 4. The van der Waals surface area contributed by atoms with E-state index in [-0.39, 0.29) is 0 Å². The summed E-state index contributed by atoms with van der Waals surface area (Å²) in [5, 5.41) is 9.44. The maximum absolute atomic E-state index is 5.30. The van der Waals surface area contributed by atoms with Gasteiger partial charge in [0, 0.05) is 32.1 Å². The SMILES string of the molecule is Cc1noc(C)c1CN(C)c1nc(C2CCCC2)nc2c1cnn2C. The van der Waals surface area contributed by atoms with E-state index in [2.05, 4.69) is 22.2 Å². The quantitative estimate of drug-likeness (QED) is 0.726. The van der Waals surface area contributed by atoms with Crippen molar-refractivity contribution in [3.05, 3.63) is 29.0 Å². The van der Waals surface area contributed by atoms with Crippen molar-refractivity contribution >= 4 is 16.9 Å². The van der Waals surface area contributed by atoms with Crippen LogP contribution in [0.4, 0.5) is 5.82 Å². The molecule has 1 fully saturated rings. The van der Waals surface area contributed by atoms with Crippen molar-refractivity contribution in [3.63, 3.8) is 0 Å². The van der Waals surface area contributed by atoms with Gasteiger partial charge in [-0.2, -0.15) is 5.10 Å². The molecule has 3 aromatic rings. The molecule has 3 aromatic heterocycles. The van der Waals surface area contributed by atoms with Crippen LogP contribution in [0.2, 0.25) is 0 Å². The number of hydrogen-bond acceptors (Lipinski definition) is 6. The summed E-state index contributed by atoms with van der Waals surface area (Å²) in [5.41, 5.74) is 2.94. The third kappa shape index (κ3) is 2.77. The predicted molar refractivity (Wildman–Crippen MR) is 95.6 cm³/mol. The van der Waals surface area contributed by atoms with Crippen LogP contribution in [0.3, 0.4) is 0 Å². The summed E-state index contributed by atoms with van der Waals surface area (Å²) in [5.74, 6) is 3.21. The fraction of sp³-hybridized carbons (Fsp3) is 0.556. The van der Waals surface area contributed by atoms with Gasteiger partial charge in [0.1, 0.15) is 17.4 Å². The van der Waals surface area contributed by atoms with Gasteiger partial charge in [-0.3, -0.25) is 4.68 Å². The Kier molecular flexibility index (Phi) is 3.94. The number of nitrogens with zero attached hydrogens (tertiary/aromatic N) is 6. The molecule has 0 aliphatic heterocycles. The smallest absolute Gasteiger partial charge is 0.163 e. The predicted octanol–water partition coefficient (Wildman–Crippen LogP) is 3.26. The number of aromatic nitrogens is 5. The summed E-state index contributed by atoms with van der Waals surface area (Å²) in [6.07, 6.45) is 6.74. The summed E-state index contributed by atoms with van der Waals surface area (Å²) in [7, 11) is 3.99. The maximum atomic E-state index is 5.30. The van der Waals surface area contributed by atoms with Crippen LogP contribution in [0.5, 0.6) is 0 Å². The molecule has 0 saturated heterocycles. The number of aryl methyl sites for hydroxylation is 3. The van der Waals surface area contributed by atoms with E-state index in [4.69, 9.17) is 14.5 Å². The van der Waals surface area contributed by atoms with Crippen molar-refractivity contribution in [2.24, 2.45) is 7.05 Å². The van der Waals surface area contributed by atoms with Crippen LogP contribution in [-0.2, 0) is 13.6 Å². The third-order valence-electron chi connectivity index (χ3n) is 5.25. The Balaban J connectivity index is 1.76. The lowest BCUT2D eigenvalue weighted by Gasteiger charge is -2.20. The maximum Gasteiger partial charge on any atom is 0.163 e. The molecule has 4 rings (SSSR count). The Morgan fingerprint density at radius 1 is 1.24 bits per heavy atom. The Labute approximate surface area is 147 Å². The van der Waals surface area contributed by atoms with Crippen molar-refractivity contribution in [2.45, 2.75) is 52.0 Å². The molecule has 1 saturated carbocycles. The molecule has 1 aliphatic carbocycles. The highest BCUT2D eigenvalue weighted by Crippen LogP contribution is 2.35. The van der Waals surface area contributed by atoms with Gasteiger partial charge in [0.05, 0.1) is 17.3 Å². The highest BCUT2D eigenvalue weighted by atomic mass is 16.5. The first-order valence-electron chi connectivity index (χ1n) is 8.87. The second-order valence-electron chi connectivity index (χ2n) is 7.05. The molecule has 0 atom stereocenters. The van der Waals surface area contributed by atoms with Crippen molar-refractivity contribution in [3.8, 4) is 0 Å². The fourth-order valence-electron chi connectivity index (χ4n) is 3.72. The van der Waals surface area contributed by atoms with Gasteiger partial charge in [0.2, 0.25) is 0 Å². The van der Waals surface area contributed by atoms with Crippen LogP contribution in [0.15, 0.2) is 10.7 Å². The van der Waals surface area contributed by atoms with Crippen LogP contribution >= 0.6 is 0 Å². The van der Waals surface area contributed by atoms with Crippen LogP contribution in [0.25, 0.3) is 11.0 Å². The van der Waals surface area contributed by atoms with E-state index in [0.717, 1.165) is 39.7 Å². The molecular weight excluding hydrogens is 316 g/mol. The minimum Gasteiger partial charge on any atom is -0.361 e. The van der Waals surface area contributed by atoms with Crippen molar-refractivity contribution < 1.29 is 4.52 Å². The Hall–Kier alpha value is -2.44. The second kappa shape index (κ2) is 6.13. The zero-order valence-electron chi connectivity index (χ0n) is 15.3. The van der Waals surface area contributed by atoms with E-state index >= 15 is 0 Å². The van der Waals surface area contributed by atoms with Gasteiger partial charge in [-0.25, -0.2) is 9.97 Å². The van der Waals surface area contributed by atoms with E-state index in [0.29, 0.717) is 12.5 Å². The fourth-order valence-corrected chi connectivity index (χ4v) is 3.72. The molecule has 0 N–H and O–H groups in total. The standard InChI is InChI=1S/C18H24N6O/c1-11-15(12(2)25-22-11)10-23(3)17-14-9-19-24(4)18(14)21-16(20-17)13-7-5-6-8-13/h9,13H,5-8,10H2,1-4H3. The summed E-state index contributed by atoms with van der Waals surface area (Å²) in [6.45, 7) is 4.63. The molecule has 3 heterocycles. The molecule has 7 nitrogen and oxygen atoms in total. The first-order valence-corrected chi connectivity index (χ1v) is 8.87. The lowest BCUT2D eigenvalue weighted by Crippen LogP contribution is -2.20. The van der Waals surface area contributed by atoms with Gasteiger partial charge in [-0.15, -0.1) is 0 Å². The lowest BCUT2D eigenvalue weighted by molar-refractivity contribution is 0.392. The largest absolute Gasteiger partial charge is 0.361 e. The Morgan fingerprint density at radius 2 is 2.00 bits per heavy atom. The minimum absolute atomic E-state index is 0.463. The molecule has 0 aromatic carbocycles. The van der Waals surface area contributed by atoms with E-state index in [1.807, 2.05) is 31.8 Å². The van der Waals surface area contributed by atoms with Gasteiger partial charge in [0.15, 0.2) is 5.65 Å². The lowest BCUT2D eigenvalue weighted by atomic mass is 10.1. The first-order chi connectivity index (χ1) is 12.0. The molecule has 132 valence electrons. The molecule has 1 aliphatic rings. The molecule has 0 amide bonds. The molecule has 0 spiro atoms.